The second-order valence-corrected chi connectivity index (χ2v) is 7.93. The Balaban J connectivity index is 1.55. The second-order valence-electron chi connectivity index (χ2n) is 6.81. The van der Waals surface area contributed by atoms with Gasteiger partial charge >= 0.3 is 0 Å². The predicted octanol–water partition coefficient (Wildman–Crippen LogP) is 5.18. The van der Waals surface area contributed by atoms with Crippen LogP contribution in [0.25, 0.3) is 0 Å². The minimum absolute atomic E-state index is 0.0318. The fraction of sp³-hybridized carbons (Fsp3) is 0.273. The third kappa shape index (κ3) is 5.41. The first-order chi connectivity index (χ1) is 13.0. The van der Waals surface area contributed by atoms with E-state index in [4.69, 9.17) is 4.74 Å². The Morgan fingerprint density at radius 2 is 1.96 bits per heavy atom. The van der Waals surface area contributed by atoms with Crippen LogP contribution in [-0.2, 0) is 11.2 Å². The zero-order chi connectivity index (χ0) is 19.2. The van der Waals surface area contributed by atoms with Crippen LogP contribution in [-0.4, -0.2) is 17.5 Å². The lowest BCUT2D eigenvalue weighted by Gasteiger charge is -2.12. The smallest absolute Gasteiger partial charge is 0.264 e. The summed E-state index contributed by atoms with van der Waals surface area (Å²) in [5.41, 5.74) is 3.44. The highest BCUT2D eigenvalue weighted by molar-refractivity contribution is 7.15. The molecule has 5 heteroatoms. The summed E-state index contributed by atoms with van der Waals surface area (Å²) in [4.78, 5) is 17.6. The van der Waals surface area contributed by atoms with Gasteiger partial charge in [-0.05, 0) is 35.6 Å². The zero-order valence-electron chi connectivity index (χ0n) is 15.9. The minimum Gasteiger partial charge on any atom is -0.483 e. The lowest BCUT2D eigenvalue weighted by Crippen LogP contribution is -2.20. The highest BCUT2D eigenvalue weighted by atomic mass is 32.1. The van der Waals surface area contributed by atoms with Gasteiger partial charge in [-0.15, -0.1) is 11.3 Å². The molecule has 0 spiro atoms. The number of nitrogens with one attached hydrogen (secondary N) is 1. The van der Waals surface area contributed by atoms with Gasteiger partial charge in [0.15, 0.2) is 11.7 Å². The summed E-state index contributed by atoms with van der Waals surface area (Å²) in [6.07, 6.45) is 2.62. The van der Waals surface area contributed by atoms with Crippen molar-refractivity contribution in [2.45, 2.75) is 33.1 Å². The van der Waals surface area contributed by atoms with Gasteiger partial charge in [0.1, 0.15) is 5.75 Å². The average Bonchev–Trinajstić information content (AvgIpc) is 3.08. The first kappa shape index (κ1) is 19.1. The molecule has 1 N–H and O–H groups in total. The number of rotatable bonds is 7. The van der Waals surface area contributed by atoms with Crippen LogP contribution in [0, 0.1) is 6.92 Å². The van der Waals surface area contributed by atoms with Gasteiger partial charge in [0.25, 0.3) is 5.91 Å². The molecule has 1 heterocycles. The minimum atomic E-state index is -0.204. The van der Waals surface area contributed by atoms with Crippen molar-refractivity contribution in [1.82, 2.24) is 4.98 Å². The Morgan fingerprint density at radius 3 is 2.70 bits per heavy atom. The normalized spacial score (nSPS) is 10.8. The van der Waals surface area contributed by atoms with E-state index in [-0.39, 0.29) is 12.5 Å². The van der Waals surface area contributed by atoms with Gasteiger partial charge in [-0.1, -0.05) is 56.3 Å². The van der Waals surface area contributed by atoms with Crippen LogP contribution in [0.5, 0.6) is 5.75 Å². The number of thiazole rings is 1. The van der Waals surface area contributed by atoms with E-state index in [9.17, 15) is 4.79 Å². The largest absolute Gasteiger partial charge is 0.483 e. The summed E-state index contributed by atoms with van der Waals surface area (Å²) in [7, 11) is 0. The molecule has 0 atom stereocenters. The Morgan fingerprint density at radius 1 is 1.19 bits per heavy atom. The van der Waals surface area contributed by atoms with Gasteiger partial charge in [0, 0.05) is 17.5 Å². The van der Waals surface area contributed by atoms with E-state index in [1.54, 1.807) is 0 Å². The van der Waals surface area contributed by atoms with Crippen LogP contribution in [0.3, 0.4) is 0 Å². The number of hydrogen-bond acceptors (Lipinski definition) is 4. The van der Waals surface area contributed by atoms with Gasteiger partial charge < -0.3 is 4.74 Å². The van der Waals surface area contributed by atoms with Gasteiger partial charge in [0.2, 0.25) is 0 Å². The molecule has 3 aromatic rings. The molecule has 4 nitrogen and oxygen atoms in total. The Hall–Kier alpha value is -2.66. The number of benzene rings is 2. The van der Waals surface area contributed by atoms with Crippen LogP contribution in [0.1, 0.15) is 41.3 Å². The molecule has 0 fully saturated rings. The zero-order valence-corrected chi connectivity index (χ0v) is 16.7. The van der Waals surface area contributed by atoms with E-state index in [1.165, 1.54) is 22.5 Å². The number of carbonyl (C=O) groups excluding carboxylic acids is 1. The molecular weight excluding hydrogens is 356 g/mol. The second kappa shape index (κ2) is 8.82. The van der Waals surface area contributed by atoms with E-state index in [0.29, 0.717) is 11.0 Å². The summed E-state index contributed by atoms with van der Waals surface area (Å²) >= 11 is 1.49. The third-order valence-corrected chi connectivity index (χ3v) is 5.17. The molecule has 27 heavy (non-hydrogen) atoms. The van der Waals surface area contributed by atoms with Crippen molar-refractivity contribution in [1.29, 1.82) is 0 Å². The van der Waals surface area contributed by atoms with Crippen molar-refractivity contribution in [3.8, 4) is 5.75 Å². The maximum absolute atomic E-state index is 12.2. The molecule has 2 aromatic carbocycles. The molecule has 0 radical (unpaired) electrons. The SMILES string of the molecule is Cc1ccc(C(C)C)cc1OCC(=O)Nc1ncc(Cc2ccccc2)s1. The van der Waals surface area contributed by atoms with Crippen molar-refractivity contribution in [3.63, 3.8) is 0 Å². The van der Waals surface area contributed by atoms with E-state index in [0.717, 1.165) is 22.6 Å². The molecule has 1 aromatic heterocycles. The Labute approximate surface area is 164 Å². The van der Waals surface area contributed by atoms with E-state index >= 15 is 0 Å². The topological polar surface area (TPSA) is 51.2 Å². The summed E-state index contributed by atoms with van der Waals surface area (Å²) in [6, 6.07) is 16.3. The molecule has 0 saturated carbocycles. The molecule has 0 aliphatic carbocycles. The number of nitrogens with zero attached hydrogens (tertiary/aromatic N) is 1. The lowest BCUT2D eigenvalue weighted by atomic mass is 10.0. The molecule has 3 rings (SSSR count). The maximum Gasteiger partial charge on any atom is 0.264 e. The molecule has 1 amide bonds. The van der Waals surface area contributed by atoms with Crippen molar-refractivity contribution >= 4 is 22.4 Å². The number of amides is 1. The number of aromatic nitrogens is 1. The number of anilines is 1. The first-order valence-electron chi connectivity index (χ1n) is 9.03. The first-order valence-corrected chi connectivity index (χ1v) is 9.84. The van der Waals surface area contributed by atoms with Gasteiger partial charge in [-0.25, -0.2) is 4.98 Å². The standard InChI is InChI=1S/C22H24N2O2S/c1-15(2)18-10-9-16(3)20(12-18)26-14-21(25)24-22-23-13-19(27-22)11-17-7-5-4-6-8-17/h4-10,12-13,15H,11,14H2,1-3H3,(H,23,24,25). The number of aryl methyl sites for hydroxylation is 1. The fourth-order valence-electron chi connectivity index (χ4n) is 2.67. The molecule has 0 aliphatic rings. The van der Waals surface area contributed by atoms with Crippen molar-refractivity contribution in [2.75, 3.05) is 11.9 Å². The van der Waals surface area contributed by atoms with E-state index < -0.39 is 0 Å². The summed E-state index contributed by atoms with van der Waals surface area (Å²) < 4.78 is 5.73. The Kier molecular flexibility index (Phi) is 6.24. The molecular formula is C22H24N2O2S. The van der Waals surface area contributed by atoms with Gasteiger partial charge in [0.05, 0.1) is 0 Å². The Bertz CT molecular complexity index is 904. The van der Waals surface area contributed by atoms with E-state index in [2.05, 4.69) is 42.3 Å². The van der Waals surface area contributed by atoms with E-state index in [1.807, 2.05) is 43.5 Å². The van der Waals surface area contributed by atoms with Crippen LogP contribution >= 0.6 is 11.3 Å². The average molecular weight is 381 g/mol. The highest BCUT2D eigenvalue weighted by Crippen LogP contribution is 2.25. The van der Waals surface area contributed by atoms with Crippen molar-refractivity contribution in [2.24, 2.45) is 0 Å². The molecule has 0 unspecified atom stereocenters. The summed E-state index contributed by atoms with van der Waals surface area (Å²) in [5, 5.41) is 3.42. The highest BCUT2D eigenvalue weighted by Gasteiger charge is 2.10. The quantitative estimate of drug-likeness (QED) is 0.614. The molecule has 0 bridgehead atoms. The maximum atomic E-state index is 12.2. The van der Waals surface area contributed by atoms with Crippen LogP contribution in [0.15, 0.2) is 54.7 Å². The predicted molar refractivity (Wildman–Crippen MR) is 111 cm³/mol. The van der Waals surface area contributed by atoms with Crippen LogP contribution in [0.4, 0.5) is 5.13 Å². The molecule has 0 aliphatic heterocycles. The van der Waals surface area contributed by atoms with Gasteiger partial charge in [-0.3, -0.25) is 10.1 Å². The van der Waals surface area contributed by atoms with Crippen LogP contribution in [0.2, 0.25) is 0 Å². The van der Waals surface area contributed by atoms with Crippen molar-refractivity contribution < 1.29 is 9.53 Å². The fourth-order valence-corrected chi connectivity index (χ4v) is 3.54. The van der Waals surface area contributed by atoms with Crippen LogP contribution < -0.4 is 10.1 Å². The molecule has 0 saturated heterocycles. The van der Waals surface area contributed by atoms with Gasteiger partial charge in [-0.2, -0.15) is 0 Å². The number of hydrogen-bond donors (Lipinski definition) is 1. The molecule has 140 valence electrons. The monoisotopic (exact) mass is 380 g/mol. The number of carbonyl (C=O) groups is 1. The summed E-state index contributed by atoms with van der Waals surface area (Å²) in [5.74, 6) is 0.963. The summed E-state index contributed by atoms with van der Waals surface area (Å²) in [6.45, 7) is 6.22. The number of ether oxygens (including phenoxy) is 1. The van der Waals surface area contributed by atoms with Crippen molar-refractivity contribution in [3.05, 3.63) is 76.3 Å². The lowest BCUT2D eigenvalue weighted by molar-refractivity contribution is -0.118. The third-order valence-electron chi connectivity index (χ3n) is 4.26.